The second kappa shape index (κ2) is 5.82. The second-order valence-corrected chi connectivity index (χ2v) is 6.90. The molecule has 3 nitrogen and oxygen atoms in total. The monoisotopic (exact) mass is 273 g/mol. The predicted octanol–water partition coefficient (Wildman–Crippen LogP) is 2.60. The zero-order valence-corrected chi connectivity index (χ0v) is 13.0. The van der Waals surface area contributed by atoms with E-state index in [9.17, 15) is 0 Å². The Bertz CT molecular complexity index is 436. The van der Waals surface area contributed by atoms with Crippen LogP contribution in [0.5, 0.6) is 0 Å². The van der Waals surface area contributed by atoms with Crippen LogP contribution in [0.25, 0.3) is 0 Å². The molecular formula is C17H27N3. The van der Waals surface area contributed by atoms with E-state index < -0.39 is 0 Å². The van der Waals surface area contributed by atoms with E-state index in [2.05, 4.69) is 48.1 Å². The lowest BCUT2D eigenvalue weighted by molar-refractivity contribution is 0.0851. The summed E-state index contributed by atoms with van der Waals surface area (Å²) in [7, 11) is 0. The summed E-state index contributed by atoms with van der Waals surface area (Å²) in [6.45, 7) is 10.1. The van der Waals surface area contributed by atoms with E-state index in [1.165, 1.54) is 24.9 Å². The van der Waals surface area contributed by atoms with Gasteiger partial charge in [-0.05, 0) is 43.2 Å². The molecule has 1 saturated carbocycles. The average Bonchev–Trinajstić information content (AvgIpc) is 3.25. The molecule has 2 aliphatic rings. The third-order valence-electron chi connectivity index (χ3n) is 4.81. The fraction of sp³-hybridized carbons (Fsp3) is 0.706. The van der Waals surface area contributed by atoms with Gasteiger partial charge in [-0.3, -0.25) is 9.88 Å². The lowest BCUT2D eigenvalue weighted by atomic mass is 9.96. The highest BCUT2D eigenvalue weighted by Crippen LogP contribution is 2.35. The highest BCUT2D eigenvalue weighted by molar-refractivity contribution is 5.13. The minimum absolute atomic E-state index is 0.645. The van der Waals surface area contributed by atoms with Crippen molar-refractivity contribution in [2.75, 3.05) is 13.1 Å². The number of aryl methyl sites for hydroxylation is 1. The summed E-state index contributed by atoms with van der Waals surface area (Å²) in [5.41, 5.74) is 2.45. The molecule has 2 unspecified atom stereocenters. The van der Waals surface area contributed by atoms with Crippen LogP contribution in [0.1, 0.15) is 37.9 Å². The summed E-state index contributed by atoms with van der Waals surface area (Å²) in [5.74, 6) is 1.63. The molecule has 0 radical (unpaired) electrons. The van der Waals surface area contributed by atoms with E-state index in [1.807, 2.05) is 6.20 Å². The number of aromatic nitrogens is 1. The Morgan fingerprint density at radius 2 is 2.15 bits per heavy atom. The van der Waals surface area contributed by atoms with Crippen molar-refractivity contribution in [1.82, 2.24) is 15.2 Å². The Balaban J connectivity index is 1.69. The van der Waals surface area contributed by atoms with Crippen molar-refractivity contribution in [3.63, 3.8) is 0 Å². The first-order valence-electron chi connectivity index (χ1n) is 8.02. The molecule has 0 spiro atoms. The average molecular weight is 273 g/mol. The van der Waals surface area contributed by atoms with E-state index in [-0.39, 0.29) is 0 Å². The van der Waals surface area contributed by atoms with Gasteiger partial charge in [0.25, 0.3) is 0 Å². The maximum absolute atomic E-state index is 4.44. The first-order valence-corrected chi connectivity index (χ1v) is 8.02. The molecule has 1 aliphatic carbocycles. The van der Waals surface area contributed by atoms with Gasteiger partial charge in [-0.2, -0.15) is 0 Å². The number of rotatable bonds is 4. The van der Waals surface area contributed by atoms with Gasteiger partial charge in [-0.25, -0.2) is 0 Å². The summed E-state index contributed by atoms with van der Waals surface area (Å²) in [6, 6.07) is 5.71. The van der Waals surface area contributed by atoms with Crippen molar-refractivity contribution in [3.05, 3.63) is 29.6 Å². The molecule has 3 rings (SSSR count). The SMILES string of the molecule is Cc1ccc(CN2CC(C3CC3)NCC2C(C)C)cn1. The maximum atomic E-state index is 4.44. The van der Waals surface area contributed by atoms with Gasteiger partial charge in [-0.15, -0.1) is 0 Å². The van der Waals surface area contributed by atoms with Crippen LogP contribution in [0.15, 0.2) is 18.3 Å². The molecule has 2 atom stereocenters. The second-order valence-electron chi connectivity index (χ2n) is 6.90. The van der Waals surface area contributed by atoms with Gasteiger partial charge in [0.15, 0.2) is 0 Å². The lowest BCUT2D eigenvalue weighted by Crippen LogP contribution is -2.58. The predicted molar refractivity (Wildman–Crippen MR) is 82.5 cm³/mol. The largest absolute Gasteiger partial charge is 0.311 e. The van der Waals surface area contributed by atoms with Crippen molar-refractivity contribution in [1.29, 1.82) is 0 Å². The summed E-state index contributed by atoms with van der Waals surface area (Å²) in [4.78, 5) is 7.12. The van der Waals surface area contributed by atoms with Crippen LogP contribution in [0, 0.1) is 18.8 Å². The molecule has 0 amide bonds. The summed E-state index contributed by atoms with van der Waals surface area (Å²) in [5, 5.41) is 3.78. The van der Waals surface area contributed by atoms with Crippen molar-refractivity contribution >= 4 is 0 Å². The Labute approximate surface area is 122 Å². The van der Waals surface area contributed by atoms with Gasteiger partial charge in [0.1, 0.15) is 0 Å². The topological polar surface area (TPSA) is 28.2 Å². The molecule has 0 aromatic carbocycles. The molecule has 2 fully saturated rings. The molecule has 1 aromatic rings. The number of hydrogen-bond acceptors (Lipinski definition) is 3. The standard InChI is InChI=1S/C17H27N3/c1-12(2)17-9-19-16(15-6-7-15)11-20(17)10-14-5-4-13(3)18-8-14/h4-5,8,12,15-17,19H,6-7,9-11H2,1-3H3. The third-order valence-corrected chi connectivity index (χ3v) is 4.81. The van der Waals surface area contributed by atoms with E-state index in [0.29, 0.717) is 18.0 Å². The van der Waals surface area contributed by atoms with Crippen LogP contribution in [0.2, 0.25) is 0 Å². The van der Waals surface area contributed by atoms with E-state index in [0.717, 1.165) is 24.7 Å². The fourth-order valence-electron chi connectivity index (χ4n) is 3.33. The van der Waals surface area contributed by atoms with Gasteiger partial charge in [0, 0.05) is 43.6 Å². The summed E-state index contributed by atoms with van der Waals surface area (Å²) >= 11 is 0. The van der Waals surface area contributed by atoms with Gasteiger partial charge < -0.3 is 5.32 Å². The normalized spacial score (nSPS) is 28.0. The van der Waals surface area contributed by atoms with Crippen LogP contribution >= 0.6 is 0 Å². The molecule has 3 heteroatoms. The van der Waals surface area contributed by atoms with Crippen molar-refractivity contribution in [2.45, 2.75) is 52.2 Å². The van der Waals surface area contributed by atoms with Gasteiger partial charge in [-0.1, -0.05) is 19.9 Å². The Kier molecular flexibility index (Phi) is 4.08. The summed E-state index contributed by atoms with van der Waals surface area (Å²) < 4.78 is 0. The molecule has 1 aliphatic heterocycles. The van der Waals surface area contributed by atoms with E-state index in [1.54, 1.807) is 0 Å². The smallest absolute Gasteiger partial charge is 0.0372 e. The summed E-state index contributed by atoms with van der Waals surface area (Å²) in [6.07, 6.45) is 4.88. The van der Waals surface area contributed by atoms with Crippen LogP contribution in [-0.2, 0) is 6.54 Å². The third kappa shape index (κ3) is 3.21. The molecule has 1 saturated heterocycles. The zero-order chi connectivity index (χ0) is 14.1. The zero-order valence-electron chi connectivity index (χ0n) is 13.0. The first kappa shape index (κ1) is 14.0. The van der Waals surface area contributed by atoms with Gasteiger partial charge in [0.05, 0.1) is 0 Å². The highest BCUT2D eigenvalue weighted by Gasteiger charge is 2.37. The van der Waals surface area contributed by atoms with Crippen molar-refractivity contribution in [3.8, 4) is 0 Å². The fourth-order valence-corrected chi connectivity index (χ4v) is 3.33. The molecule has 0 bridgehead atoms. The van der Waals surface area contributed by atoms with Crippen LogP contribution in [0.4, 0.5) is 0 Å². The van der Waals surface area contributed by atoms with E-state index in [4.69, 9.17) is 0 Å². The maximum Gasteiger partial charge on any atom is 0.0372 e. The first-order chi connectivity index (χ1) is 9.63. The molecule has 2 heterocycles. The molecule has 1 aromatic heterocycles. The van der Waals surface area contributed by atoms with Gasteiger partial charge in [0.2, 0.25) is 0 Å². The number of piperazine rings is 1. The Hall–Kier alpha value is -0.930. The minimum atomic E-state index is 0.645. The number of pyridine rings is 1. The molecule has 110 valence electrons. The van der Waals surface area contributed by atoms with Crippen molar-refractivity contribution < 1.29 is 0 Å². The molecular weight excluding hydrogens is 246 g/mol. The van der Waals surface area contributed by atoms with E-state index >= 15 is 0 Å². The van der Waals surface area contributed by atoms with Crippen LogP contribution in [-0.4, -0.2) is 35.1 Å². The number of hydrogen-bond donors (Lipinski definition) is 1. The van der Waals surface area contributed by atoms with Crippen LogP contribution in [0.3, 0.4) is 0 Å². The Morgan fingerprint density at radius 3 is 2.75 bits per heavy atom. The Morgan fingerprint density at radius 1 is 1.35 bits per heavy atom. The highest BCUT2D eigenvalue weighted by atomic mass is 15.2. The quantitative estimate of drug-likeness (QED) is 0.914. The molecule has 20 heavy (non-hydrogen) atoms. The number of nitrogens with one attached hydrogen (secondary N) is 1. The number of nitrogens with zero attached hydrogens (tertiary/aromatic N) is 2. The van der Waals surface area contributed by atoms with Crippen molar-refractivity contribution in [2.24, 2.45) is 11.8 Å². The minimum Gasteiger partial charge on any atom is -0.311 e. The van der Waals surface area contributed by atoms with Crippen LogP contribution < -0.4 is 5.32 Å². The van der Waals surface area contributed by atoms with Gasteiger partial charge >= 0.3 is 0 Å². The molecule has 1 N–H and O–H groups in total. The lowest BCUT2D eigenvalue weighted by Gasteiger charge is -2.42.